The summed E-state index contributed by atoms with van der Waals surface area (Å²) < 4.78 is -0.414. The van der Waals surface area contributed by atoms with Gasteiger partial charge in [0.25, 0.3) is 0 Å². The van der Waals surface area contributed by atoms with E-state index in [1.807, 2.05) is 29.2 Å². The van der Waals surface area contributed by atoms with Crippen LogP contribution in [0.4, 0.5) is 17.1 Å². The Bertz CT molecular complexity index is 805. The number of hydrogen-bond donors (Lipinski definition) is 1. The van der Waals surface area contributed by atoms with E-state index < -0.39 is 10.0 Å². The molecule has 1 aliphatic rings. The fraction of sp³-hybridized carbons (Fsp3) is 0.222. The number of halogens is 2. The first-order valence-electron chi connectivity index (χ1n) is 7.65. The van der Waals surface area contributed by atoms with Crippen molar-refractivity contribution >= 4 is 62.9 Å². The number of benzene rings is 2. The van der Waals surface area contributed by atoms with E-state index in [9.17, 15) is 9.90 Å². The minimum absolute atomic E-state index is 0.0776. The molecule has 0 aromatic heterocycles. The van der Waals surface area contributed by atoms with Crippen LogP contribution in [0.3, 0.4) is 0 Å². The average Bonchev–Trinajstić information content (AvgIpc) is 2.56. The number of aryl methyl sites for hydroxylation is 1. The van der Waals surface area contributed by atoms with E-state index in [1.165, 1.54) is 5.56 Å². The topological polar surface area (TPSA) is 52.9 Å². The zero-order valence-corrected chi connectivity index (χ0v) is 16.0. The van der Waals surface area contributed by atoms with E-state index >= 15 is 0 Å². The minimum Gasteiger partial charge on any atom is -0.477 e. The number of aliphatic carboxylic acids is 1. The lowest BCUT2D eigenvalue weighted by molar-refractivity contribution is -0.129. The number of aliphatic imine (C=N–C) groups is 1. The van der Waals surface area contributed by atoms with Crippen LogP contribution in [0.25, 0.3) is 0 Å². The lowest BCUT2D eigenvalue weighted by atomic mass is 10.1. The van der Waals surface area contributed by atoms with Crippen molar-refractivity contribution in [3.8, 4) is 0 Å². The Kier molecular flexibility index (Phi) is 5.10. The van der Waals surface area contributed by atoms with Gasteiger partial charge in [-0.1, -0.05) is 65.7 Å². The summed E-state index contributed by atoms with van der Waals surface area (Å²) >= 11 is 8.35. The molecule has 2 aromatic rings. The third-order valence-corrected chi connectivity index (χ3v) is 5.33. The summed E-state index contributed by atoms with van der Waals surface area (Å²) in [6.45, 7) is 2.15. The highest BCUT2D eigenvalue weighted by atomic mass is 127. The predicted octanol–water partition coefficient (Wildman–Crippen LogP) is 5.36. The van der Waals surface area contributed by atoms with Crippen molar-refractivity contribution in [3.05, 3.63) is 53.1 Å². The number of nitrogens with zero attached hydrogens (tertiary/aromatic N) is 2. The van der Waals surface area contributed by atoms with Gasteiger partial charge in [0, 0.05) is 5.69 Å². The van der Waals surface area contributed by atoms with E-state index in [2.05, 4.69) is 46.6 Å². The van der Waals surface area contributed by atoms with Gasteiger partial charge < -0.3 is 10.0 Å². The van der Waals surface area contributed by atoms with Gasteiger partial charge in [0.15, 0.2) is 5.71 Å². The third-order valence-electron chi connectivity index (χ3n) is 3.88. The monoisotopic (exact) mass is 454 g/mol. The number of hydrogen-bond acceptors (Lipinski definition) is 3. The first-order chi connectivity index (χ1) is 11.5. The van der Waals surface area contributed by atoms with Crippen LogP contribution in [0.2, 0.25) is 5.02 Å². The molecular formula is C18H16ClIN2O2. The van der Waals surface area contributed by atoms with E-state index in [0.717, 1.165) is 24.2 Å². The van der Waals surface area contributed by atoms with Crippen LogP contribution in [0.5, 0.6) is 0 Å². The van der Waals surface area contributed by atoms with E-state index in [-0.39, 0.29) is 5.71 Å². The number of fused-ring (bicyclic) bond motifs is 1. The maximum Gasteiger partial charge on any atom is 0.353 e. The summed E-state index contributed by atoms with van der Waals surface area (Å²) in [5.74, 6) is -1.03. The zero-order chi connectivity index (χ0) is 17.3. The van der Waals surface area contributed by atoms with Gasteiger partial charge >= 0.3 is 5.97 Å². The molecule has 6 heteroatoms. The molecule has 124 valence electrons. The second kappa shape index (κ2) is 7.11. The Morgan fingerprint density at radius 1 is 1.29 bits per heavy atom. The number of carboxylic acid groups (broad SMARTS) is 1. The number of rotatable bonds is 4. The molecule has 0 radical (unpaired) electrons. The maximum atomic E-state index is 11.6. The summed E-state index contributed by atoms with van der Waals surface area (Å²) in [5, 5.41) is 9.94. The summed E-state index contributed by atoms with van der Waals surface area (Å²) in [6.07, 6.45) is 2.12. The second-order valence-electron chi connectivity index (χ2n) is 5.53. The van der Waals surface area contributed by atoms with Crippen molar-refractivity contribution in [2.45, 2.75) is 23.8 Å². The molecule has 2 aromatic carbocycles. The first-order valence-corrected chi connectivity index (χ1v) is 9.28. The van der Waals surface area contributed by atoms with Crippen molar-refractivity contribution < 1.29 is 9.90 Å². The highest BCUT2D eigenvalue weighted by Gasteiger charge is 2.33. The Morgan fingerprint density at radius 3 is 2.62 bits per heavy atom. The highest BCUT2D eigenvalue weighted by molar-refractivity contribution is 14.1. The SMILES string of the molecule is CCCc1ccc(N2c3cccc(Cl)c3N=C(C(=O)O)C2I)cc1. The molecule has 0 amide bonds. The van der Waals surface area contributed by atoms with Crippen LogP contribution < -0.4 is 4.90 Å². The van der Waals surface area contributed by atoms with Crippen molar-refractivity contribution in [3.63, 3.8) is 0 Å². The van der Waals surface area contributed by atoms with Crippen LogP contribution in [0, 0.1) is 0 Å². The standard InChI is InChI=1S/C18H16ClIN2O2/c1-2-4-11-7-9-12(10-8-11)22-14-6-3-5-13(19)15(14)21-16(17(22)20)18(23)24/h3,5-10,17H,2,4H2,1H3,(H,23,24). The largest absolute Gasteiger partial charge is 0.477 e. The number of para-hydroxylation sites is 1. The predicted molar refractivity (Wildman–Crippen MR) is 107 cm³/mol. The quantitative estimate of drug-likeness (QED) is 0.384. The maximum absolute atomic E-state index is 11.6. The molecule has 24 heavy (non-hydrogen) atoms. The third kappa shape index (κ3) is 3.15. The van der Waals surface area contributed by atoms with Crippen molar-refractivity contribution in [1.82, 2.24) is 0 Å². The number of carboxylic acids is 1. The van der Waals surface area contributed by atoms with Crippen LogP contribution >= 0.6 is 34.2 Å². The van der Waals surface area contributed by atoms with Gasteiger partial charge in [-0.2, -0.15) is 0 Å². The molecule has 1 unspecified atom stereocenters. The summed E-state index contributed by atoms with van der Waals surface area (Å²) in [7, 11) is 0. The molecule has 1 atom stereocenters. The van der Waals surface area contributed by atoms with Crippen LogP contribution in [-0.4, -0.2) is 20.8 Å². The Morgan fingerprint density at radius 2 is 2.00 bits per heavy atom. The van der Waals surface area contributed by atoms with Crippen LogP contribution in [-0.2, 0) is 11.2 Å². The number of anilines is 2. The summed E-state index contributed by atoms with van der Waals surface area (Å²) in [4.78, 5) is 17.8. The molecule has 4 nitrogen and oxygen atoms in total. The van der Waals surface area contributed by atoms with Gasteiger partial charge in [0.1, 0.15) is 9.74 Å². The molecular weight excluding hydrogens is 439 g/mol. The Labute approximate surface area is 159 Å². The van der Waals surface area contributed by atoms with Gasteiger partial charge in [-0.3, -0.25) is 0 Å². The Hall–Kier alpha value is -1.60. The molecule has 3 rings (SSSR count). The van der Waals surface area contributed by atoms with Crippen LogP contribution in [0.1, 0.15) is 18.9 Å². The fourth-order valence-corrected chi connectivity index (χ4v) is 4.00. The molecule has 1 heterocycles. The smallest absolute Gasteiger partial charge is 0.353 e. The number of alkyl halides is 1. The molecule has 0 saturated heterocycles. The molecule has 0 bridgehead atoms. The normalized spacial score (nSPS) is 16.5. The highest BCUT2D eigenvalue weighted by Crippen LogP contribution is 2.45. The average molecular weight is 455 g/mol. The molecule has 0 spiro atoms. The second-order valence-corrected chi connectivity index (χ2v) is 7.12. The number of carbonyl (C=O) groups is 1. The van der Waals surface area contributed by atoms with E-state index in [1.54, 1.807) is 6.07 Å². The first kappa shape index (κ1) is 17.2. The zero-order valence-electron chi connectivity index (χ0n) is 13.0. The lowest BCUT2D eigenvalue weighted by Crippen LogP contribution is -2.39. The molecule has 0 fully saturated rings. The van der Waals surface area contributed by atoms with Crippen molar-refractivity contribution in [2.24, 2.45) is 4.99 Å². The van der Waals surface area contributed by atoms with Crippen LogP contribution in [0.15, 0.2) is 47.5 Å². The van der Waals surface area contributed by atoms with Gasteiger partial charge in [0.2, 0.25) is 0 Å². The lowest BCUT2D eigenvalue weighted by Gasteiger charge is -2.34. The van der Waals surface area contributed by atoms with Gasteiger partial charge in [0.05, 0.1) is 10.7 Å². The molecule has 1 aliphatic heterocycles. The summed E-state index contributed by atoms with van der Waals surface area (Å²) in [6, 6.07) is 13.7. The Balaban J connectivity index is 2.11. The minimum atomic E-state index is -1.03. The molecule has 0 saturated carbocycles. The molecule has 1 N–H and O–H groups in total. The van der Waals surface area contributed by atoms with E-state index in [4.69, 9.17) is 11.6 Å². The summed E-state index contributed by atoms with van der Waals surface area (Å²) in [5.41, 5.74) is 3.58. The van der Waals surface area contributed by atoms with Gasteiger partial charge in [-0.25, -0.2) is 9.79 Å². The van der Waals surface area contributed by atoms with Gasteiger partial charge in [-0.15, -0.1) is 0 Å². The van der Waals surface area contributed by atoms with Gasteiger partial charge in [-0.05, 0) is 36.2 Å². The van der Waals surface area contributed by atoms with Crippen molar-refractivity contribution in [1.29, 1.82) is 0 Å². The fourth-order valence-electron chi connectivity index (χ4n) is 2.76. The molecule has 0 aliphatic carbocycles. The van der Waals surface area contributed by atoms with Crippen molar-refractivity contribution in [2.75, 3.05) is 4.90 Å². The van der Waals surface area contributed by atoms with E-state index in [0.29, 0.717) is 10.7 Å².